The van der Waals surface area contributed by atoms with Crippen molar-refractivity contribution in [3.05, 3.63) is 11.1 Å². The highest BCUT2D eigenvalue weighted by molar-refractivity contribution is 5.92. The molecule has 0 fully saturated rings. The van der Waals surface area contributed by atoms with Gasteiger partial charge in [0, 0.05) is 5.57 Å². The van der Waals surface area contributed by atoms with Crippen LogP contribution in [-0.2, 0) is 4.79 Å². The van der Waals surface area contributed by atoms with Gasteiger partial charge in [0.1, 0.15) is 0 Å². The quantitative estimate of drug-likeness (QED) is 0.603. The van der Waals surface area contributed by atoms with E-state index in [2.05, 4.69) is 0 Å². The molecule has 3 nitrogen and oxygen atoms in total. The van der Waals surface area contributed by atoms with Gasteiger partial charge in [-0.05, 0) is 25.8 Å². The first-order chi connectivity index (χ1) is 5.67. The number of allylic oxidation sites excluding steroid dienone is 1. The van der Waals surface area contributed by atoms with Crippen LogP contribution in [0.1, 0.15) is 33.1 Å². The summed E-state index contributed by atoms with van der Waals surface area (Å²) in [5.41, 5.74) is 12.5. The number of nitrogens with two attached hydrogens (primary N) is 2. The Balaban J connectivity index is 4.63. The minimum Gasteiger partial charge on any atom is -0.366 e. The molecule has 0 aromatic heterocycles. The lowest BCUT2D eigenvalue weighted by Crippen LogP contribution is -2.18. The van der Waals surface area contributed by atoms with E-state index in [4.69, 9.17) is 11.5 Å². The maximum absolute atomic E-state index is 11.0. The summed E-state index contributed by atoms with van der Waals surface area (Å²) in [5, 5.41) is 0. The minimum atomic E-state index is -0.320. The fourth-order valence-corrected chi connectivity index (χ4v) is 1.30. The van der Waals surface area contributed by atoms with E-state index < -0.39 is 0 Å². The molecule has 0 aromatic carbocycles. The summed E-state index contributed by atoms with van der Waals surface area (Å²) < 4.78 is 0. The van der Waals surface area contributed by atoms with Crippen molar-refractivity contribution >= 4 is 5.91 Å². The van der Waals surface area contributed by atoms with Crippen LogP contribution >= 0.6 is 0 Å². The van der Waals surface area contributed by atoms with Crippen molar-refractivity contribution in [3.63, 3.8) is 0 Å². The first-order valence-electron chi connectivity index (χ1n) is 4.38. The molecular weight excluding hydrogens is 152 g/mol. The molecule has 12 heavy (non-hydrogen) atoms. The lowest BCUT2D eigenvalue weighted by Gasteiger charge is -2.08. The Labute approximate surface area is 73.8 Å². The second-order valence-corrected chi connectivity index (χ2v) is 2.69. The Kier molecular flexibility index (Phi) is 5.37. The van der Waals surface area contributed by atoms with Crippen LogP contribution in [0, 0.1) is 0 Å². The molecule has 0 aliphatic carbocycles. The molecule has 4 N–H and O–H groups in total. The Bertz CT molecular complexity index is 179. The van der Waals surface area contributed by atoms with Gasteiger partial charge in [0.25, 0.3) is 0 Å². The lowest BCUT2D eigenvalue weighted by molar-refractivity contribution is -0.114. The van der Waals surface area contributed by atoms with Crippen molar-refractivity contribution in [1.82, 2.24) is 0 Å². The van der Waals surface area contributed by atoms with Crippen LogP contribution in [0.3, 0.4) is 0 Å². The fraction of sp³-hybridized carbons (Fsp3) is 0.667. The zero-order valence-electron chi connectivity index (χ0n) is 7.89. The number of hydrogen-bond acceptors (Lipinski definition) is 2. The predicted molar refractivity (Wildman–Crippen MR) is 50.5 cm³/mol. The van der Waals surface area contributed by atoms with E-state index in [1.165, 1.54) is 0 Å². The SMILES string of the molecule is CCC(CC)=C(CCN)C(N)=O. The number of amides is 1. The maximum Gasteiger partial charge on any atom is 0.244 e. The Morgan fingerprint density at radius 2 is 1.75 bits per heavy atom. The first-order valence-corrected chi connectivity index (χ1v) is 4.38. The molecule has 0 bridgehead atoms. The molecule has 0 saturated heterocycles. The number of rotatable bonds is 5. The van der Waals surface area contributed by atoms with Gasteiger partial charge >= 0.3 is 0 Å². The van der Waals surface area contributed by atoms with Crippen LogP contribution in [0.25, 0.3) is 0 Å². The first kappa shape index (κ1) is 11.2. The van der Waals surface area contributed by atoms with E-state index in [1.807, 2.05) is 13.8 Å². The number of carbonyl (C=O) groups is 1. The van der Waals surface area contributed by atoms with E-state index in [1.54, 1.807) is 0 Å². The second-order valence-electron chi connectivity index (χ2n) is 2.69. The third-order valence-electron chi connectivity index (χ3n) is 1.97. The molecule has 0 spiro atoms. The molecule has 0 aliphatic rings. The van der Waals surface area contributed by atoms with Crippen molar-refractivity contribution in [2.24, 2.45) is 11.5 Å². The van der Waals surface area contributed by atoms with Crippen LogP contribution in [-0.4, -0.2) is 12.5 Å². The third-order valence-corrected chi connectivity index (χ3v) is 1.97. The average Bonchev–Trinajstić information content (AvgIpc) is 2.05. The van der Waals surface area contributed by atoms with Crippen LogP contribution in [0.5, 0.6) is 0 Å². The average molecular weight is 170 g/mol. The van der Waals surface area contributed by atoms with Gasteiger partial charge < -0.3 is 11.5 Å². The van der Waals surface area contributed by atoms with Gasteiger partial charge in [0.2, 0.25) is 5.91 Å². The van der Waals surface area contributed by atoms with Crippen LogP contribution in [0.4, 0.5) is 0 Å². The molecule has 3 heteroatoms. The Hall–Kier alpha value is -0.830. The molecule has 0 aromatic rings. The molecular formula is C9H18N2O. The molecule has 0 rings (SSSR count). The summed E-state index contributed by atoms with van der Waals surface area (Å²) in [7, 11) is 0. The summed E-state index contributed by atoms with van der Waals surface area (Å²) in [4.78, 5) is 11.0. The van der Waals surface area contributed by atoms with Gasteiger partial charge in [-0.1, -0.05) is 19.4 Å². The molecule has 0 heterocycles. The fourth-order valence-electron chi connectivity index (χ4n) is 1.30. The van der Waals surface area contributed by atoms with Gasteiger partial charge in [0.15, 0.2) is 0 Å². The highest BCUT2D eigenvalue weighted by Crippen LogP contribution is 2.14. The standard InChI is InChI=1S/C9H18N2O/c1-3-7(4-2)8(5-6-10)9(11)12/h3-6,10H2,1-2H3,(H2,11,12). The Morgan fingerprint density at radius 1 is 1.25 bits per heavy atom. The molecule has 70 valence electrons. The molecule has 0 saturated carbocycles. The highest BCUT2D eigenvalue weighted by Gasteiger charge is 2.08. The highest BCUT2D eigenvalue weighted by atomic mass is 16.1. The van der Waals surface area contributed by atoms with Crippen molar-refractivity contribution < 1.29 is 4.79 Å². The largest absolute Gasteiger partial charge is 0.366 e. The third kappa shape index (κ3) is 3.05. The Morgan fingerprint density at radius 3 is 2.00 bits per heavy atom. The molecule has 0 unspecified atom stereocenters. The van der Waals surface area contributed by atoms with Crippen LogP contribution in [0.15, 0.2) is 11.1 Å². The van der Waals surface area contributed by atoms with E-state index >= 15 is 0 Å². The number of hydrogen-bond donors (Lipinski definition) is 2. The smallest absolute Gasteiger partial charge is 0.244 e. The molecule has 1 amide bonds. The minimum absolute atomic E-state index is 0.320. The van der Waals surface area contributed by atoms with Crippen molar-refractivity contribution in [3.8, 4) is 0 Å². The maximum atomic E-state index is 11.0. The lowest BCUT2D eigenvalue weighted by atomic mass is 10.0. The monoisotopic (exact) mass is 170 g/mol. The van der Waals surface area contributed by atoms with Gasteiger partial charge in [0.05, 0.1) is 0 Å². The summed E-state index contributed by atoms with van der Waals surface area (Å²) in [6.45, 7) is 4.54. The van der Waals surface area contributed by atoms with Gasteiger partial charge in [-0.2, -0.15) is 0 Å². The number of primary amides is 1. The van der Waals surface area contributed by atoms with E-state index in [9.17, 15) is 4.79 Å². The second kappa shape index (κ2) is 5.77. The van der Waals surface area contributed by atoms with E-state index in [-0.39, 0.29) is 5.91 Å². The topological polar surface area (TPSA) is 69.1 Å². The van der Waals surface area contributed by atoms with Crippen molar-refractivity contribution in [2.45, 2.75) is 33.1 Å². The van der Waals surface area contributed by atoms with E-state index in [0.717, 1.165) is 24.0 Å². The van der Waals surface area contributed by atoms with Crippen molar-refractivity contribution in [2.75, 3.05) is 6.54 Å². The summed E-state index contributed by atoms with van der Waals surface area (Å²) in [6.07, 6.45) is 2.37. The zero-order valence-corrected chi connectivity index (χ0v) is 7.89. The summed E-state index contributed by atoms with van der Waals surface area (Å²) in [5.74, 6) is -0.320. The zero-order chi connectivity index (χ0) is 9.56. The molecule has 0 radical (unpaired) electrons. The summed E-state index contributed by atoms with van der Waals surface area (Å²) in [6, 6.07) is 0. The summed E-state index contributed by atoms with van der Waals surface area (Å²) >= 11 is 0. The van der Waals surface area contributed by atoms with E-state index in [0.29, 0.717) is 13.0 Å². The van der Waals surface area contributed by atoms with Crippen LogP contribution < -0.4 is 11.5 Å². The molecule has 0 aliphatic heterocycles. The molecule has 0 atom stereocenters. The van der Waals surface area contributed by atoms with Crippen LogP contribution in [0.2, 0.25) is 0 Å². The normalized spacial score (nSPS) is 9.58. The van der Waals surface area contributed by atoms with Gasteiger partial charge in [-0.3, -0.25) is 4.79 Å². The number of carbonyl (C=O) groups excluding carboxylic acids is 1. The predicted octanol–water partition coefficient (Wildman–Crippen LogP) is 0.937. The van der Waals surface area contributed by atoms with Crippen molar-refractivity contribution in [1.29, 1.82) is 0 Å². The van der Waals surface area contributed by atoms with Gasteiger partial charge in [-0.25, -0.2) is 0 Å². The van der Waals surface area contributed by atoms with Gasteiger partial charge in [-0.15, -0.1) is 0 Å².